The number of esters is 1. The average molecular weight is 314 g/mol. The largest absolute Gasteiger partial charge is 0.466 e. The van der Waals surface area contributed by atoms with E-state index < -0.39 is 0 Å². The number of carbonyl (C=O) groups is 1. The van der Waals surface area contributed by atoms with Gasteiger partial charge in [-0.3, -0.25) is 9.59 Å². The molecule has 1 aliphatic carbocycles. The molecule has 1 aromatic carbocycles. The van der Waals surface area contributed by atoms with Gasteiger partial charge >= 0.3 is 5.97 Å². The third kappa shape index (κ3) is 3.46. The van der Waals surface area contributed by atoms with E-state index in [2.05, 4.69) is 0 Å². The Bertz CT molecular complexity index is 738. The molecule has 122 valence electrons. The van der Waals surface area contributed by atoms with Gasteiger partial charge in [-0.25, -0.2) is 0 Å². The summed E-state index contributed by atoms with van der Waals surface area (Å²) in [5.74, 6) is 0.389. The van der Waals surface area contributed by atoms with Crippen LogP contribution in [0.3, 0.4) is 0 Å². The lowest BCUT2D eigenvalue weighted by atomic mass is 9.79. The van der Waals surface area contributed by atoms with Gasteiger partial charge in [-0.1, -0.05) is 12.1 Å². The van der Waals surface area contributed by atoms with Crippen molar-refractivity contribution in [2.24, 2.45) is 11.8 Å². The van der Waals surface area contributed by atoms with E-state index in [1.54, 1.807) is 6.26 Å². The maximum atomic E-state index is 12.5. The van der Waals surface area contributed by atoms with Crippen LogP contribution < -0.4 is 5.43 Å². The molecule has 1 fully saturated rings. The third-order valence-corrected chi connectivity index (χ3v) is 4.73. The van der Waals surface area contributed by atoms with Gasteiger partial charge in [0, 0.05) is 5.56 Å². The highest BCUT2D eigenvalue weighted by atomic mass is 16.5. The van der Waals surface area contributed by atoms with Crippen molar-refractivity contribution in [1.29, 1.82) is 0 Å². The summed E-state index contributed by atoms with van der Waals surface area (Å²) in [6, 6.07) is 7.34. The third-order valence-electron chi connectivity index (χ3n) is 4.73. The van der Waals surface area contributed by atoms with Crippen LogP contribution in [-0.2, 0) is 16.0 Å². The number of ether oxygens (including phenoxy) is 1. The second-order valence-electron chi connectivity index (χ2n) is 6.26. The van der Waals surface area contributed by atoms with Crippen LogP contribution in [-0.4, -0.2) is 12.6 Å². The molecule has 1 saturated carbocycles. The van der Waals surface area contributed by atoms with E-state index in [9.17, 15) is 9.59 Å². The zero-order valence-electron chi connectivity index (χ0n) is 13.4. The zero-order chi connectivity index (χ0) is 16.2. The summed E-state index contributed by atoms with van der Waals surface area (Å²) < 4.78 is 10.7. The summed E-state index contributed by atoms with van der Waals surface area (Å²) in [4.78, 5) is 24.3. The van der Waals surface area contributed by atoms with E-state index in [-0.39, 0.29) is 17.3 Å². The fraction of sp³-hybridized carbons (Fsp3) is 0.474. The Morgan fingerprint density at radius 1 is 1.22 bits per heavy atom. The van der Waals surface area contributed by atoms with Gasteiger partial charge in [0.25, 0.3) is 0 Å². The molecule has 0 bridgehead atoms. The molecule has 0 N–H and O–H groups in total. The predicted octanol–water partition coefficient (Wildman–Crippen LogP) is 3.71. The highest BCUT2D eigenvalue weighted by Gasteiger charge is 2.27. The Morgan fingerprint density at radius 3 is 2.70 bits per heavy atom. The van der Waals surface area contributed by atoms with Gasteiger partial charge in [0.05, 0.1) is 24.2 Å². The second-order valence-corrected chi connectivity index (χ2v) is 6.26. The lowest BCUT2D eigenvalue weighted by Gasteiger charge is -2.26. The van der Waals surface area contributed by atoms with Crippen molar-refractivity contribution < 1.29 is 13.9 Å². The zero-order valence-corrected chi connectivity index (χ0v) is 13.4. The quantitative estimate of drug-likeness (QED) is 0.807. The summed E-state index contributed by atoms with van der Waals surface area (Å²) in [7, 11) is 0. The van der Waals surface area contributed by atoms with Crippen molar-refractivity contribution in [1.82, 2.24) is 0 Å². The first-order valence-electron chi connectivity index (χ1n) is 8.35. The maximum Gasteiger partial charge on any atom is 0.308 e. The van der Waals surface area contributed by atoms with E-state index in [4.69, 9.17) is 9.15 Å². The Hall–Kier alpha value is -2.10. The monoisotopic (exact) mass is 314 g/mol. The summed E-state index contributed by atoms with van der Waals surface area (Å²) in [6.45, 7) is 2.28. The number of rotatable bonds is 4. The second kappa shape index (κ2) is 6.99. The minimum Gasteiger partial charge on any atom is -0.466 e. The molecule has 0 radical (unpaired) electrons. The van der Waals surface area contributed by atoms with Crippen molar-refractivity contribution in [3.63, 3.8) is 0 Å². The molecule has 0 spiro atoms. The van der Waals surface area contributed by atoms with Crippen LogP contribution in [0.15, 0.2) is 39.7 Å². The number of fused-ring (bicyclic) bond motifs is 1. The van der Waals surface area contributed by atoms with Gasteiger partial charge in [-0.2, -0.15) is 0 Å². The lowest BCUT2D eigenvalue weighted by Crippen LogP contribution is -2.25. The first-order valence-corrected chi connectivity index (χ1v) is 8.35. The van der Waals surface area contributed by atoms with Crippen molar-refractivity contribution >= 4 is 16.9 Å². The van der Waals surface area contributed by atoms with Crippen LogP contribution in [0.2, 0.25) is 0 Å². The minimum atomic E-state index is -0.0730. The molecule has 0 saturated heterocycles. The predicted molar refractivity (Wildman–Crippen MR) is 88.3 cm³/mol. The Kier molecular flexibility index (Phi) is 4.79. The number of hydrogen-bond donors (Lipinski definition) is 0. The van der Waals surface area contributed by atoms with Gasteiger partial charge in [0.2, 0.25) is 0 Å². The van der Waals surface area contributed by atoms with E-state index in [0.29, 0.717) is 23.5 Å². The molecule has 0 aliphatic heterocycles. The van der Waals surface area contributed by atoms with E-state index in [1.807, 2.05) is 31.2 Å². The van der Waals surface area contributed by atoms with Crippen LogP contribution in [0.25, 0.3) is 11.0 Å². The molecule has 0 atom stereocenters. The fourth-order valence-electron chi connectivity index (χ4n) is 3.43. The Balaban J connectivity index is 1.66. The molecule has 0 unspecified atom stereocenters. The van der Waals surface area contributed by atoms with Gasteiger partial charge in [-0.05, 0) is 57.1 Å². The maximum absolute atomic E-state index is 12.5. The van der Waals surface area contributed by atoms with Crippen molar-refractivity contribution in [3.05, 3.63) is 46.3 Å². The number of benzene rings is 1. The molecule has 4 heteroatoms. The smallest absolute Gasteiger partial charge is 0.308 e. The van der Waals surface area contributed by atoms with Crippen LogP contribution in [0.4, 0.5) is 0 Å². The standard InChI is InChI=1S/C19H22O4/c1-2-22-19(21)14-9-7-13(8-10-14)11-15-12-23-17-6-4-3-5-16(17)18(15)20/h3-6,12-14H,2,7-11H2,1H3. The SMILES string of the molecule is CCOC(=O)C1CCC(Cc2coc3ccccc3c2=O)CC1. The number of para-hydroxylation sites is 1. The number of hydrogen-bond acceptors (Lipinski definition) is 4. The Morgan fingerprint density at radius 2 is 1.96 bits per heavy atom. The van der Waals surface area contributed by atoms with Crippen LogP contribution in [0.1, 0.15) is 38.2 Å². The summed E-state index contributed by atoms with van der Waals surface area (Å²) in [6.07, 6.45) is 5.93. The molecular weight excluding hydrogens is 292 g/mol. The average Bonchev–Trinajstić information content (AvgIpc) is 2.58. The van der Waals surface area contributed by atoms with E-state index >= 15 is 0 Å². The van der Waals surface area contributed by atoms with Gasteiger partial charge < -0.3 is 9.15 Å². The van der Waals surface area contributed by atoms with E-state index in [1.165, 1.54) is 0 Å². The molecule has 2 aromatic rings. The van der Waals surface area contributed by atoms with Crippen molar-refractivity contribution in [2.75, 3.05) is 6.61 Å². The first-order chi connectivity index (χ1) is 11.2. The van der Waals surface area contributed by atoms with Gasteiger partial charge in [0.1, 0.15) is 5.58 Å². The minimum absolute atomic E-state index is 0.0270. The lowest BCUT2D eigenvalue weighted by molar-refractivity contribution is -0.149. The highest BCUT2D eigenvalue weighted by Crippen LogP contribution is 2.31. The van der Waals surface area contributed by atoms with Gasteiger partial charge in [-0.15, -0.1) is 0 Å². The topological polar surface area (TPSA) is 56.5 Å². The summed E-state index contributed by atoms with van der Waals surface area (Å²) in [5, 5.41) is 0.644. The van der Waals surface area contributed by atoms with Crippen LogP contribution in [0.5, 0.6) is 0 Å². The molecule has 1 heterocycles. The van der Waals surface area contributed by atoms with Crippen LogP contribution >= 0.6 is 0 Å². The molecule has 1 aliphatic rings. The molecule has 23 heavy (non-hydrogen) atoms. The fourth-order valence-corrected chi connectivity index (χ4v) is 3.43. The Labute approximate surface area is 135 Å². The molecular formula is C19H22O4. The molecule has 3 rings (SSSR count). The summed E-state index contributed by atoms with van der Waals surface area (Å²) >= 11 is 0. The normalized spacial score (nSPS) is 21.3. The first kappa shape index (κ1) is 15.8. The van der Waals surface area contributed by atoms with Gasteiger partial charge in [0.15, 0.2) is 5.43 Å². The van der Waals surface area contributed by atoms with E-state index in [0.717, 1.165) is 37.7 Å². The van der Waals surface area contributed by atoms with Crippen molar-refractivity contribution in [3.8, 4) is 0 Å². The highest BCUT2D eigenvalue weighted by molar-refractivity contribution is 5.76. The van der Waals surface area contributed by atoms with Crippen molar-refractivity contribution in [2.45, 2.75) is 39.0 Å². The number of carbonyl (C=O) groups excluding carboxylic acids is 1. The molecule has 0 amide bonds. The molecule has 1 aromatic heterocycles. The van der Waals surface area contributed by atoms with Crippen LogP contribution in [0, 0.1) is 11.8 Å². The molecule has 4 nitrogen and oxygen atoms in total. The summed E-state index contributed by atoms with van der Waals surface area (Å²) in [5.41, 5.74) is 1.44.